The maximum atomic E-state index is 3.68. The molecule has 1 aliphatic carbocycles. The third-order valence-electron chi connectivity index (χ3n) is 4.65. The fourth-order valence-corrected chi connectivity index (χ4v) is 2.78. The Bertz CT molecular complexity index is 409. The Labute approximate surface area is 118 Å². The SMILES string of the molecule is CN(C)C(C)(C)CNCC1CCCc2ccccc21. The smallest absolute Gasteiger partial charge is 0.0271 e. The molecule has 0 saturated heterocycles. The number of likely N-dealkylation sites (N-methyl/N-ethyl adjacent to an activating group) is 1. The Balaban J connectivity index is 1.91. The van der Waals surface area contributed by atoms with Crippen LogP contribution in [0.1, 0.15) is 43.7 Å². The van der Waals surface area contributed by atoms with Gasteiger partial charge in [0.05, 0.1) is 0 Å². The first-order chi connectivity index (χ1) is 9.00. The lowest BCUT2D eigenvalue weighted by molar-refractivity contribution is 0.189. The Morgan fingerprint density at radius 3 is 2.74 bits per heavy atom. The summed E-state index contributed by atoms with van der Waals surface area (Å²) in [6.07, 6.45) is 3.92. The van der Waals surface area contributed by atoms with E-state index in [1.165, 1.54) is 19.3 Å². The van der Waals surface area contributed by atoms with Gasteiger partial charge in [-0.2, -0.15) is 0 Å². The highest BCUT2D eigenvalue weighted by molar-refractivity contribution is 5.32. The van der Waals surface area contributed by atoms with Crippen LogP contribution in [-0.2, 0) is 6.42 Å². The van der Waals surface area contributed by atoms with Crippen molar-refractivity contribution in [1.29, 1.82) is 0 Å². The summed E-state index contributed by atoms with van der Waals surface area (Å²) in [4.78, 5) is 2.29. The van der Waals surface area contributed by atoms with Crippen molar-refractivity contribution < 1.29 is 0 Å². The molecule has 2 heteroatoms. The van der Waals surface area contributed by atoms with Gasteiger partial charge in [-0.3, -0.25) is 0 Å². The topological polar surface area (TPSA) is 15.3 Å². The summed E-state index contributed by atoms with van der Waals surface area (Å²) in [6.45, 7) is 6.72. The Hall–Kier alpha value is -0.860. The van der Waals surface area contributed by atoms with Crippen LogP contribution in [0.3, 0.4) is 0 Å². The van der Waals surface area contributed by atoms with Crippen LogP contribution >= 0.6 is 0 Å². The molecule has 19 heavy (non-hydrogen) atoms. The van der Waals surface area contributed by atoms with Gasteiger partial charge in [-0.25, -0.2) is 0 Å². The van der Waals surface area contributed by atoms with Crippen molar-refractivity contribution in [2.45, 2.75) is 44.6 Å². The lowest BCUT2D eigenvalue weighted by atomic mass is 9.83. The van der Waals surface area contributed by atoms with E-state index >= 15 is 0 Å². The highest BCUT2D eigenvalue weighted by atomic mass is 15.2. The van der Waals surface area contributed by atoms with Gasteiger partial charge in [-0.05, 0) is 64.3 Å². The lowest BCUT2D eigenvalue weighted by Crippen LogP contribution is -2.47. The standard InChI is InChI=1S/C17H28N2/c1-17(2,19(3)4)13-18-12-15-10-7-9-14-8-5-6-11-16(14)15/h5-6,8,11,15,18H,7,9-10,12-13H2,1-4H3. The van der Waals surface area contributed by atoms with Gasteiger partial charge in [0, 0.05) is 18.6 Å². The average Bonchev–Trinajstić information content (AvgIpc) is 2.38. The van der Waals surface area contributed by atoms with E-state index in [9.17, 15) is 0 Å². The van der Waals surface area contributed by atoms with Gasteiger partial charge in [-0.1, -0.05) is 24.3 Å². The summed E-state index contributed by atoms with van der Waals surface area (Å²) in [5.41, 5.74) is 3.35. The van der Waals surface area contributed by atoms with Crippen LogP contribution in [0, 0.1) is 0 Å². The molecule has 0 amide bonds. The average molecular weight is 260 g/mol. The molecule has 0 aromatic heterocycles. The zero-order valence-electron chi connectivity index (χ0n) is 12.9. The number of aryl methyl sites for hydroxylation is 1. The fourth-order valence-electron chi connectivity index (χ4n) is 2.78. The summed E-state index contributed by atoms with van der Waals surface area (Å²) in [5.74, 6) is 0.697. The van der Waals surface area contributed by atoms with Crippen LogP contribution in [0.5, 0.6) is 0 Å². The van der Waals surface area contributed by atoms with Gasteiger partial charge >= 0.3 is 0 Å². The number of nitrogens with one attached hydrogen (secondary N) is 1. The number of rotatable bonds is 5. The molecule has 1 N–H and O–H groups in total. The van der Waals surface area contributed by atoms with Crippen LogP contribution in [-0.4, -0.2) is 37.6 Å². The first-order valence-corrected chi connectivity index (χ1v) is 7.46. The van der Waals surface area contributed by atoms with Gasteiger partial charge in [-0.15, -0.1) is 0 Å². The molecule has 106 valence electrons. The Kier molecular flexibility index (Phi) is 4.64. The fraction of sp³-hybridized carbons (Fsp3) is 0.647. The maximum Gasteiger partial charge on any atom is 0.0271 e. The number of nitrogens with zero attached hydrogens (tertiary/aromatic N) is 1. The van der Waals surface area contributed by atoms with E-state index in [-0.39, 0.29) is 5.54 Å². The molecule has 1 aliphatic rings. The van der Waals surface area contributed by atoms with Gasteiger partial charge in [0.25, 0.3) is 0 Å². The van der Waals surface area contributed by atoms with Crippen molar-refractivity contribution in [3.63, 3.8) is 0 Å². The number of benzene rings is 1. The van der Waals surface area contributed by atoms with Crippen molar-refractivity contribution in [2.24, 2.45) is 0 Å². The predicted octanol–water partition coefficient (Wildman–Crippen LogP) is 3.04. The Morgan fingerprint density at radius 2 is 2.00 bits per heavy atom. The van der Waals surface area contributed by atoms with Crippen LogP contribution in [0.25, 0.3) is 0 Å². The molecular weight excluding hydrogens is 232 g/mol. The highest BCUT2D eigenvalue weighted by Gasteiger charge is 2.22. The molecule has 0 radical (unpaired) electrons. The van der Waals surface area contributed by atoms with Gasteiger partial charge in [0.15, 0.2) is 0 Å². The molecule has 0 saturated carbocycles. The van der Waals surface area contributed by atoms with Gasteiger partial charge < -0.3 is 10.2 Å². The molecule has 0 fully saturated rings. The van der Waals surface area contributed by atoms with Crippen LogP contribution in [0.4, 0.5) is 0 Å². The summed E-state index contributed by atoms with van der Waals surface area (Å²) in [7, 11) is 4.30. The largest absolute Gasteiger partial charge is 0.314 e. The van der Waals surface area contributed by atoms with Crippen molar-refractivity contribution >= 4 is 0 Å². The lowest BCUT2D eigenvalue weighted by Gasteiger charge is -2.34. The van der Waals surface area contributed by atoms with Crippen LogP contribution in [0.15, 0.2) is 24.3 Å². The minimum absolute atomic E-state index is 0.216. The predicted molar refractivity (Wildman–Crippen MR) is 82.8 cm³/mol. The van der Waals surface area contributed by atoms with E-state index in [4.69, 9.17) is 0 Å². The third-order valence-corrected chi connectivity index (χ3v) is 4.65. The molecule has 1 aromatic rings. The highest BCUT2D eigenvalue weighted by Crippen LogP contribution is 2.30. The van der Waals surface area contributed by atoms with E-state index in [0.29, 0.717) is 5.92 Å². The summed E-state index contributed by atoms with van der Waals surface area (Å²) in [5, 5.41) is 3.68. The molecule has 0 aliphatic heterocycles. The summed E-state index contributed by atoms with van der Waals surface area (Å²) < 4.78 is 0. The molecule has 2 rings (SSSR count). The second-order valence-corrected chi connectivity index (χ2v) is 6.63. The minimum atomic E-state index is 0.216. The molecule has 1 unspecified atom stereocenters. The third kappa shape index (κ3) is 3.58. The van der Waals surface area contributed by atoms with E-state index in [2.05, 4.69) is 62.4 Å². The summed E-state index contributed by atoms with van der Waals surface area (Å²) >= 11 is 0. The van der Waals surface area contributed by atoms with E-state index in [0.717, 1.165) is 13.1 Å². The first-order valence-electron chi connectivity index (χ1n) is 7.46. The molecule has 1 aromatic carbocycles. The molecule has 2 nitrogen and oxygen atoms in total. The monoisotopic (exact) mass is 260 g/mol. The quantitative estimate of drug-likeness (QED) is 0.875. The van der Waals surface area contributed by atoms with E-state index in [1.807, 2.05) is 0 Å². The van der Waals surface area contributed by atoms with Crippen LogP contribution in [0.2, 0.25) is 0 Å². The first kappa shape index (κ1) is 14.5. The normalized spacial score (nSPS) is 19.5. The second-order valence-electron chi connectivity index (χ2n) is 6.63. The summed E-state index contributed by atoms with van der Waals surface area (Å²) in [6, 6.07) is 8.97. The molecule has 0 heterocycles. The van der Waals surface area contributed by atoms with Crippen molar-refractivity contribution in [1.82, 2.24) is 10.2 Å². The molecule has 0 bridgehead atoms. The zero-order valence-corrected chi connectivity index (χ0v) is 12.9. The van der Waals surface area contributed by atoms with Crippen molar-refractivity contribution in [3.8, 4) is 0 Å². The second kappa shape index (κ2) is 6.06. The zero-order chi connectivity index (χ0) is 13.9. The number of hydrogen-bond donors (Lipinski definition) is 1. The van der Waals surface area contributed by atoms with E-state index in [1.54, 1.807) is 11.1 Å². The Morgan fingerprint density at radius 1 is 1.26 bits per heavy atom. The maximum absolute atomic E-state index is 3.68. The molecular formula is C17H28N2. The van der Waals surface area contributed by atoms with Crippen molar-refractivity contribution in [3.05, 3.63) is 35.4 Å². The van der Waals surface area contributed by atoms with Crippen molar-refractivity contribution in [2.75, 3.05) is 27.2 Å². The minimum Gasteiger partial charge on any atom is -0.314 e. The van der Waals surface area contributed by atoms with Gasteiger partial charge in [0.2, 0.25) is 0 Å². The number of fused-ring (bicyclic) bond motifs is 1. The van der Waals surface area contributed by atoms with Gasteiger partial charge in [0.1, 0.15) is 0 Å². The molecule has 1 atom stereocenters. The van der Waals surface area contributed by atoms with Crippen LogP contribution < -0.4 is 5.32 Å². The number of hydrogen-bond acceptors (Lipinski definition) is 2. The van der Waals surface area contributed by atoms with E-state index < -0.39 is 0 Å². The molecule has 0 spiro atoms.